The van der Waals surface area contributed by atoms with E-state index in [4.69, 9.17) is 5.11 Å². The van der Waals surface area contributed by atoms with Crippen LogP contribution in [-0.4, -0.2) is 65.2 Å². The van der Waals surface area contributed by atoms with Gasteiger partial charge in [-0.25, -0.2) is 14.6 Å². The summed E-state index contributed by atoms with van der Waals surface area (Å²) in [5.74, 6) is -1.07. The van der Waals surface area contributed by atoms with Crippen molar-refractivity contribution in [3.8, 4) is 0 Å². The molecule has 0 saturated heterocycles. The Hall–Kier alpha value is -2.09. The first-order chi connectivity index (χ1) is 9.54. The molecule has 1 atom stereocenters. The first-order valence-corrected chi connectivity index (χ1v) is 6.41. The molecular formula is C12H21N5O3. The van der Waals surface area contributed by atoms with E-state index in [-0.39, 0.29) is 6.42 Å². The Labute approximate surface area is 117 Å². The molecule has 1 unspecified atom stereocenters. The van der Waals surface area contributed by atoms with Gasteiger partial charge in [-0.3, -0.25) is 0 Å². The van der Waals surface area contributed by atoms with Gasteiger partial charge in [0.1, 0.15) is 6.04 Å². The molecule has 0 aliphatic carbocycles. The standard InChI is InChI=1S/C12H21N5O3/c1-13-4-3-5-17(2)12(20)16-10(11(18)19)6-9-7-14-8-15-9/h7-8,10,13H,3-6H2,1-2H3,(H,14,15)(H,16,20)(H,18,19). The van der Waals surface area contributed by atoms with Gasteiger partial charge in [0.2, 0.25) is 0 Å². The number of hydrogen-bond acceptors (Lipinski definition) is 4. The van der Waals surface area contributed by atoms with Crippen LogP contribution in [0.15, 0.2) is 12.5 Å². The predicted octanol–water partition coefficient (Wildman–Crippen LogP) is -0.344. The average Bonchev–Trinajstić information content (AvgIpc) is 2.90. The third kappa shape index (κ3) is 5.27. The van der Waals surface area contributed by atoms with Crippen LogP contribution < -0.4 is 10.6 Å². The highest BCUT2D eigenvalue weighted by atomic mass is 16.4. The number of carbonyl (C=O) groups excluding carboxylic acids is 1. The van der Waals surface area contributed by atoms with E-state index < -0.39 is 18.0 Å². The Kier molecular flexibility index (Phi) is 6.51. The lowest BCUT2D eigenvalue weighted by Gasteiger charge is -2.21. The van der Waals surface area contributed by atoms with Crippen molar-refractivity contribution in [2.75, 3.05) is 27.2 Å². The molecule has 0 bridgehead atoms. The number of carbonyl (C=O) groups is 2. The topological polar surface area (TPSA) is 110 Å². The van der Waals surface area contributed by atoms with Gasteiger partial charge in [0.05, 0.1) is 6.33 Å². The molecule has 0 fully saturated rings. The number of rotatable bonds is 8. The normalized spacial score (nSPS) is 11.9. The molecule has 20 heavy (non-hydrogen) atoms. The number of carboxylic acids is 1. The number of nitrogens with zero attached hydrogens (tertiary/aromatic N) is 2. The average molecular weight is 283 g/mol. The summed E-state index contributed by atoms with van der Waals surface area (Å²) >= 11 is 0. The largest absolute Gasteiger partial charge is 0.480 e. The SMILES string of the molecule is CNCCCN(C)C(=O)NC(Cc1cnc[nH]1)C(=O)O. The molecular weight excluding hydrogens is 262 g/mol. The van der Waals surface area contributed by atoms with Crippen molar-refractivity contribution >= 4 is 12.0 Å². The zero-order valence-corrected chi connectivity index (χ0v) is 11.7. The number of aromatic nitrogens is 2. The van der Waals surface area contributed by atoms with Gasteiger partial charge in [-0.1, -0.05) is 0 Å². The molecule has 2 amide bonds. The molecule has 4 N–H and O–H groups in total. The molecule has 0 aliphatic heterocycles. The molecule has 8 nitrogen and oxygen atoms in total. The predicted molar refractivity (Wildman–Crippen MR) is 73.4 cm³/mol. The smallest absolute Gasteiger partial charge is 0.326 e. The van der Waals surface area contributed by atoms with Gasteiger partial charge in [0, 0.05) is 31.9 Å². The summed E-state index contributed by atoms with van der Waals surface area (Å²) in [4.78, 5) is 31.2. The maximum absolute atomic E-state index is 11.9. The van der Waals surface area contributed by atoms with Crippen molar-refractivity contribution in [3.05, 3.63) is 18.2 Å². The quantitative estimate of drug-likeness (QED) is 0.488. The first-order valence-electron chi connectivity index (χ1n) is 6.41. The van der Waals surface area contributed by atoms with E-state index in [0.717, 1.165) is 13.0 Å². The minimum atomic E-state index is -1.07. The molecule has 112 valence electrons. The summed E-state index contributed by atoms with van der Waals surface area (Å²) in [5, 5.41) is 14.6. The maximum atomic E-state index is 11.9. The second kappa shape index (κ2) is 8.16. The molecule has 0 radical (unpaired) electrons. The van der Waals surface area contributed by atoms with Crippen molar-refractivity contribution < 1.29 is 14.7 Å². The molecule has 1 aromatic rings. The molecule has 0 saturated carbocycles. The molecule has 1 heterocycles. The minimum Gasteiger partial charge on any atom is -0.480 e. The Morgan fingerprint density at radius 3 is 2.85 bits per heavy atom. The van der Waals surface area contributed by atoms with Crippen LogP contribution in [0.1, 0.15) is 12.1 Å². The fourth-order valence-corrected chi connectivity index (χ4v) is 1.67. The van der Waals surface area contributed by atoms with Crippen molar-refractivity contribution in [3.63, 3.8) is 0 Å². The number of H-pyrrole nitrogens is 1. The van der Waals surface area contributed by atoms with Gasteiger partial charge < -0.3 is 25.6 Å². The van der Waals surface area contributed by atoms with E-state index in [1.165, 1.54) is 11.2 Å². The summed E-state index contributed by atoms with van der Waals surface area (Å²) in [6, 6.07) is -1.37. The van der Waals surface area contributed by atoms with Gasteiger partial charge in [-0.05, 0) is 20.0 Å². The third-order valence-electron chi connectivity index (χ3n) is 2.84. The van der Waals surface area contributed by atoms with Gasteiger partial charge in [-0.2, -0.15) is 0 Å². The summed E-state index contributed by atoms with van der Waals surface area (Å²) in [6.45, 7) is 1.36. The Bertz CT molecular complexity index is 421. The molecule has 0 spiro atoms. The summed E-state index contributed by atoms with van der Waals surface area (Å²) in [6.07, 6.45) is 3.99. The highest BCUT2D eigenvalue weighted by Gasteiger charge is 2.22. The van der Waals surface area contributed by atoms with Crippen LogP contribution in [0.5, 0.6) is 0 Å². The Morgan fingerprint density at radius 1 is 1.55 bits per heavy atom. The number of aromatic amines is 1. The van der Waals surface area contributed by atoms with E-state index in [1.807, 2.05) is 7.05 Å². The number of amides is 2. The van der Waals surface area contributed by atoms with Crippen LogP contribution in [-0.2, 0) is 11.2 Å². The number of hydrogen-bond donors (Lipinski definition) is 4. The van der Waals surface area contributed by atoms with Gasteiger partial charge in [-0.15, -0.1) is 0 Å². The minimum absolute atomic E-state index is 0.172. The summed E-state index contributed by atoms with van der Waals surface area (Å²) in [7, 11) is 3.48. The lowest BCUT2D eigenvalue weighted by atomic mass is 10.1. The molecule has 0 aliphatic rings. The van der Waals surface area contributed by atoms with Gasteiger partial charge in [0.25, 0.3) is 0 Å². The van der Waals surface area contributed by atoms with Crippen LogP contribution in [0, 0.1) is 0 Å². The van der Waals surface area contributed by atoms with Crippen LogP contribution in [0.25, 0.3) is 0 Å². The van der Waals surface area contributed by atoms with E-state index in [9.17, 15) is 9.59 Å². The number of aliphatic carboxylic acids is 1. The van der Waals surface area contributed by atoms with E-state index in [1.54, 1.807) is 13.2 Å². The van der Waals surface area contributed by atoms with E-state index in [2.05, 4.69) is 20.6 Å². The zero-order valence-electron chi connectivity index (χ0n) is 11.7. The highest BCUT2D eigenvalue weighted by molar-refractivity contribution is 5.82. The monoisotopic (exact) mass is 283 g/mol. The lowest BCUT2D eigenvalue weighted by Crippen LogP contribution is -2.48. The van der Waals surface area contributed by atoms with Crippen molar-refractivity contribution in [1.82, 2.24) is 25.5 Å². The fraction of sp³-hybridized carbons (Fsp3) is 0.583. The van der Waals surface area contributed by atoms with Crippen molar-refractivity contribution in [1.29, 1.82) is 0 Å². The van der Waals surface area contributed by atoms with Gasteiger partial charge >= 0.3 is 12.0 Å². The number of carboxylic acid groups (broad SMARTS) is 1. The highest BCUT2D eigenvalue weighted by Crippen LogP contribution is 2.00. The lowest BCUT2D eigenvalue weighted by molar-refractivity contribution is -0.139. The van der Waals surface area contributed by atoms with E-state index in [0.29, 0.717) is 12.2 Å². The maximum Gasteiger partial charge on any atom is 0.326 e. The molecule has 1 rings (SSSR count). The molecule has 1 aromatic heterocycles. The van der Waals surface area contributed by atoms with Crippen LogP contribution in [0.4, 0.5) is 4.79 Å². The number of urea groups is 1. The molecule has 0 aromatic carbocycles. The number of imidazole rings is 1. The fourth-order valence-electron chi connectivity index (χ4n) is 1.67. The zero-order chi connectivity index (χ0) is 15.0. The third-order valence-corrected chi connectivity index (χ3v) is 2.84. The Balaban J connectivity index is 2.48. The molecule has 8 heteroatoms. The van der Waals surface area contributed by atoms with E-state index >= 15 is 0 Å². The Morgan fingerprint density at radius 2 is 2.30 bits per heavy atom. The van der Waals surface area contributed by atoms with Crippen LogP contribution in [0.3, 0.4) is 0 Å². The van der Waals surface area contributed by atoms with Crippen LogP contribution >= 0.6 is 0 Å². The second-order valence-electron chi connectivity index (χ2n) is 4.50. The summed E-state index contributed by atoms with van der Waals surface area (Å²) < 4.78 is 0. The van der Waals surface area contributed by atoms with Crippen molar-refractivity contribution in [2.45, 2.75) is 18.9 Å². The number of nitrogens with one attached hydrogen (secondary N) is 3. The van der Waals surface area contributed by atoms with Gasteiger partial charge in [0.15, 0.2) is 0 Å². The van der Waals surface area contributed by atoms with Crippen LogP contribution in [0.2, 0.25) is 0 Å². The summed E-state index contributed by atoms with van der Waals surface area (Å²) in [5.41, 5.74) is 0.663. The second-order valence-corrected chi connectivity index (χ2v) is 4.50. The first kappa shape index (κ1) is 16.0. The van der Waals surface area contributed by atoms with Crippen molar-refractivity contribution in [2.24, 2.45) is 0 Å².